The normalized spacial score (nSPS) is 19.8. The average molecular weight is 363 g/mol. The number of thiocarbonyl (C=S) groups is 1. The van der Waals surface area contributed by atoms with Crippen molar-refractivity contribution in [2.45, 2.75) is 32.0 Å². The Kier molecular flexibility index (Phi) is 4.47. The first-order valence-corrected chi connectivity index (χ1v) is 9.30. The zero-order valence-electron chi connectivity index (χ0n) is 14.9. The number of pyridine rings is 1. The summed E-state index contributed by atoms with van der Waals surface area (Å²) in [5.41, 5.74) is 3.35. The summed E-state index contributed by atoms with van der Waals surface area (Å²) in [6.45, 7) is 4.36. The van der Waals surface area contributed by atoms with Gasteiger partial charge in [-0.2, -0.15) is 0 Å². The lowest BCUT2D eigenvalue weighted by Gasteiger charge is -2.31. The molecule has 1 aromatic carbocycles. The smallest absolute Gasteiger partial charge is 0.170 e. The molecule has 3 heterocycles. The Labute approximate surface area is 159 Å². The van der Waals surface area contributed by atoms with Crippen LogP contribution in [-0.4, -0.2) is 25.6 Å². The van der Waals surface area contributed by atoms with Gasteiger partial charge in [-0.25, -0.2) is 0 Å². The van der Waals surface area contributed by atoms with E-state index in [1.54, 1.807) is 0 Å². The third-order valence-corrected chi connectivity index (χ3v) is 5.14. The highest BCUT2D eigenvalue weighted by atomic mass is 32.1. The number of nitrogens with one attached hydrogen (secondary N) is 1. The van der Waals surface area contributed by atoms with Crippen LogP contribution in [0, 0.1) is 0 Å². The van der Waals surface area contributed by atoms with Crippen LogP contribution in [0.3, 0.4) is 0 Å². The molecule has 1 saturated heterocycles. The van der Waals surface area contributed by atoms with Gasteiger partial charge in [-0.15, -0.1) is 0 Å². The Morgan fingerprint density at radius 1 is 1.00 bits per heavy atom. The number of nitrogens with zero attached hydrogens (tertiary/aromatic N) is 3. The summed E-state index contributed by atoms with van der Waals surface area (Å²) in [5, 5.41) is 4.28. The molecule has 5 heteroatoms. The SMILES string of the molecule is CC(C)N1C(=S)NC(c2ccccn2)C1c1cccn1-c1ccccc1. The molecule has 4 rings (SSSR count). The molecule has 1 aliphatic heterocycles. The molecule has 132 valence electrons. The van der Waals surface area contributed by atoms with Gasteiger partial charge in [0.2, 0.25) is 0 Å². The number of para-hydroxylation sites is 1. The molecule has 0 aliphatic carbocycles. The quantitative estimate of drug-likeness (QED) is 0.703. The first-order chi connectivity index (χ1) is 12.7. The summed E-state index contributed by atoms with van der Waals surface area (Å²) in [4.78, 5) is 6.87. The minimum Gasteiger partial charge on any atom is -0.352 e. The van der Waals surface area contributed by atoms with Crippen molar-refractivity contribution >= 4 is 17.3 Å². The molecule has 0 amide bonds. The highest BCUT2D eigenvalue weighted by molar-refractivity contribution is 7.80. The summed E-state index contributed by atoms with van der Waals surface area (Å²) in [6.07, 6.45) is 3.95. The van der Waals surface area contributed by atoms with Crippen molar-refractivity contribution < 1.29 is 0 Å². The topological polar surface area (TPSA) is 33.1 Å². The number of hydrogen-bond acceptors (Lipinski definition) is 2. The Morgan fingerprint density at radius 3 is 2.46 bits per heavy atom. The fourth-order valence-electron chi connectivity index (χ4n) is 3.70. The van der Waals surface area contributed by atoms with Crippen molar-refractivity contribution in [3.63, 3.8) is 0 Å². The van der Waals surface area contributed by atoms with Gasteiger partial charge >= 0.3 is 0 Å². The van der Waals surface area contributed by atoms with E-state index in [-0.39, 0.29) is 18.1 Å². The van der Waals surface area contributed by atoms with Crippen LogP contribution in [0.4, 0.5) is 0 Å². The second-order valence-corrected chi connectivity index (χ2v) is 7.15. The van der Waals surface area contributed by atoms with E-state index in [9.17, 15) is 0 Å². The lowest BCUT2D eigenvalue weighted by Crippen LogP contribution is -2.36. The van der Waals surface area contributed by atoms with Gasteiger partial charge in [0.1, 0.15) is 0 Å². The van der Waals surface area contributed by atoms with Crippen molar-refractivity contribution in [3.8, 4) is 5.69 Å². The maximum atomic E-state index is 5.68. The highest BCUT2D eigenvalue weighted by Gasteiger charge is 2.42. The fourth-order valence-corrected chi connectivity index (χ4v) is 4.15. The van der Waals surface area contributed by atoms with Crippen molar-refractivity contribution in [1.29, 1.82) is 0 Å². The first-order valence-electron chi connectivity index (χ1n) is 8.89. The molecule has 2 aromatic heterocycles. The second-order valence-electron chi connectivity index (χ2n) is 6.77. The van der Waals surface area contributed by atoms with Crippen LogP contribution < -0.4 is 5.32 Å². The standard InChI is InChI=1S/C21H22N4S/c1-15(2)25-20(19(23-21(25)26)17-11-6-7-13-22-17)18-12-8-14-24(18)16-9-4-3-5-10-16/h3-15,19-20H,1-2H3,(H,23,26). The molecule has 0 saturated carbocycles. The Bertz CT molecular complexity index is 889. The van der Waals surface area contributed by atoms with Crippen molar-refractivity contribution in [1.82, 2.24) is 19.8 Å². The van der Waals surface area contributed by atoms with Crippen molar-refractivity contribution in [3.05, 3.63) is 84.4 Å². The van der Waals surface area contributed by atoms with E-state index in [0.717, 1.165) is 16.5 Å². The van der Waals surface area contributed by atoms with Gasteiger partial charge in [0.25, 0.3) is 0 Å². The summed E-state index contributed by atoms with van der Waals surface area (Å²) in [5.74, 6) is 0. The molecule has 1 fully saturated rings. The molecule has 2 unspecified atom stereocenters. The molecule has 26 heavy (non-hydrogen) atoms. The molecule has 4 nitrogen and oxygen atoms in total. The summed E-state index contributed by atoms with van der Waals surface area (Å²) in [6, 6.07) is 21.1. The van der Waals surface area contributed by atoms with Crippen LogP contribution in [0.5, 0.6) is 0 Å². The van der Waals surface area contributed by atoms with Crippen LogP contribution in [0.2, 0.25) is 0 Å². The van der Waals surface area contributed by atoms with E-state index in [4.69, 9.17) is 12.2 Å². The third-order valence-electron chi connectivity index (χ3n) is 4.81. The summed E-state index contributed by atoms with van der Waals surface area (Å²) >= 11 is 5.68. The summed E-state index contributed by atoms with van der Waals surface area (Å²) in [7, 11) is 0. The van der Waals surface area contributed by atoms with Crippen molar-refractivity contribution in [2.24, 2.45) is 0 Å². The molecule has 3 aromatic rings. The van der Waals surface area contributed by atoms with E-state index in [1.807, 2.05) is 24.4 Å². The van der Waals surface area contributed by atoms with Gasteiger partial charge < -0.3 is 14.8 Å². The monoisotopic (exact) mass is 362 g/mol. The molecular weight excluding hydrogens is 340 g/mol. The Morgan fingerprint density at radius 2 is 1.77 bits per heavy atom. The molecule has 0 spiro atoms. The lowest BCUT2D eigenvalue weighted by atomic mass is 10.0. The first kappa shape index (κ1) is 16.8. The van der Waals surface area contributed by atoms with Crippen LogP contribution in [0.15, 0.2) is 73.1 Å². The van der Waals surface area contributed by atoms with Crippen molar-refractivity contribution in [2.75, 3.05) is 0 Å². The molecule has 2 atom stereocenters. The van der Waals surface area contributed by atoms with Gasteiger partial charge in [0.15, 0.2) is 5.11 Å². The Hall–Kier alpha value is -2.66. The summed E-state index contributed by atoms with van der Waals surface area (Å²) < 4.78 is 2.24. The van der Waals surface area contributed by atoms with E-state index in [1.165, 1.54) is 5.69 Å². The van der Waals surface area contributed by atoms with Crippen LogP contribution in [0.1, 0.15) is 37.3 Å². The van der Waals surface area contributed by atoms with Gasteiger partial charge in [0, 0.05) is 29.8 Å². The van der Waals surface area contributed by atoms with Gasteiger partial charge in [-0.1, -0.05) is 24.3 Å². The second kappa shape index (κ2) is 6.92. The van der Waals surface area contributed by atoms with E-state index in [0.29, 0.717) is 0 Å². The molecule has 0 radical (unpaired) electrons. The fraction of sp³-hybridized carbons (Fsp3) is 0.238. The number of rotatable bonds is 4. The van der Waals surface area contributed by atoms with E-state index < -0.39 is 0 Å². The zero-order valence-corrected chi connectivity index (χ0v) is 15.7. The highest BCUT2D eigenvalue weighted by Crippen LogP contribution is 2.40. The average Bonchev–Trinajstić information content (AvgIpc) is 3.27. The molecule has 1 aliphatic rings. The maximum absolute atomic E-state index is 5.68. The van der Waals surface area contributed by atoms with Gasteiger partial charge in [0.05, 0.1) is 17.8 Å². The predicted molar refractivity (Wildman–Crippen MR) is 108 cm³/mol. The number of hydrogen-bond donors (Lipinski definition) is 1. The van der Waals surface area contributed by atoms with Crippen LogP contribution in [-0.2, 0) is 0 Å². The number of aromatic nitrogens is 2. The largest absolute Gasteiger partial charge is 0.352 e. The lowest BCUT2D eigenvalue weighted by molar-refractivity contribution is 0.262. The van der Waals surface area contributed by atoms with E-state index in [2.05, 4.69) is 82.3 Å². The minimum absolute atomic E-state index is 0.0171. The van der Waals surface area contributed by atoms with Gasteiger partial charge in [-0.3, -0.25) is 4.98 Å². The predicted octanol–water partition coefficient (Wildman–Crippen LogP) is 4.25. The van der Waals surface area contributed by atoms with Gasteiger partial charge in [-0.05, 0) is 62.5 Å². The zero-order chi connectivity index (χ0) is 18.1. The third kappa shape index (κ3) is 2.88. The van der Waals surface area contributed by atoms with Crippen LogP contribution >= 0.6 is 12.2 Å². The number of benzene rings is 1. The maximum Gasteiger partial charge on any atom is 0.170 e. The van der Waals surface area contributed by atoms with Crippen LogP contribution in [0.25, 0.3) is 5.69 Å². The van der Waals surface area contributed by atoms with E-state index >= 15 is 0 Å². The Balaban J connectivity index is 1.83. The molecular formula is C21H22N4S. The minimum atomic E-state index is 0.0171. The molecule has 1 N–H and O–H groups in total. The molecule has 0 bridgehead atoms.